The third-order valence-corrected chi connectivity index (χ3v) is 3.68. The van der Waals surface area contributed by atoms with Gasteiger partial charge in [0.2, 0.25) is 0 Å². The Bertz CT molecular complexity index is 787. The lowest BCUT2D eigenvalue weighted by molar-refractivity contribution is 0.843. The molecular formula is C16H18N4. The van der Waals surface area contributed by atoms with Gasteiger partial charge in [0.05, 0.1) is 17.1 Å². The number of benzene rings is 1. The van der Waals surface area contributed by atoms with Gasteiger partial charge in [-0.3, -0.25) is 0 Å². The summed E-state index contributed by atoms with van der Waals surface area (Å²) in [6.45, 7) is 6.04. The molecule has 0 unspecified atom stereocenters. The first kappa shape index (κ1) is 12.7. The van der Waals surface area contributed by atoms with E-state index in [0.29, 0.717) is 0 Å². The van der Waals surface area contributed by atoms with Crippen molar-refractivity contribution < 1.29 is 0 Å². The fourth-order valence-corrected chi connectivity index (χ4v) is 2.46. The second-order valence-electron chi connectivity index (χ2n) is 5.21. The van der Waals surface area contributed by atoms with Crippen LogP contribution >= 0.6 is 0 Å². The molecule has 0 saturated heterocycles. The first-order chi connectivity index (χ1) is 9.56. The van der Waals surface area contributed by atoms with E-state index in [1.54, 1.807) is 0 Å². The molecule has 0 amide bonds. The highest BCUT2D eigenvalue weighted by molar-refractivity contribution is 5.55. The van der Waals surface area contributed by atoms with Crippen molar-refractivity contribution in [3.8, 4) is 0 Å². The Hall–Kier alpha value is -2.36. The van der Waals surface area contributed by atoms with Crippen molar-refractivity contribution in [2.24, 2.45) is 0 Å². The summed E-state index contributed by atoms with van der Waals surface area (Å²) in [4.78, 5) is 4.56. The summed E-state index contributed by atoms with van der Waals surface area (Å²) in [5.41, 5.74) is 13.2. The summed E-state index contributed by atoms with van der Waals surface area (Å²) < 4.78 is 1.92. The first-order valence-electron chi connectivity index (χ1n) is 6.72. The third-order valence-electron chi connectivity index (χ3n) is 3.68. The van der Waals surface area contributed by atoms with Gasteiger partial charge in [-0.25, -0.2) is 9.50 Å². The maximum atomic E-state index is 6.17. The zero-order valence-electron chi connectivity index (χ0n) is 12.0. The number of hydrogen-bond acceptors (Lipinski definition) is 3. The Morgan fingerprint density at radius 3 is 2.70 bits per heavy atom. The van der Waals surface area contributed by atoms with Crippen molar-refractivity contribution in [2.45, 2.75) is 27.2 Å². The smallest absolute Gasteiger partial charge is 0.154 e. The molecule has 4 heteroatoms. The topological polar surface area (TPSA) is 56.2 Å². The summed E-state index contributed by atoms with van der Waals surface area (Å²) in [5, 5.41) is 4.56. The molecule has 0 atom stereocenters. The lowest BCUT2D eigenvalue weighted by Crippen LogP contribution is -2.04. The number of imidazole rings is 1. The molecule has 0 aliphatic rings. The molecule has 2 aromatic heterocycles. The van der Waals surface area contributed by atoms with E-state index in [-0.39, 0.29) is 0 Å². The minimum Gasteiger partial charge on any atom is -0.398 e. The number of nitrogens with zero attached hydrogens (tertiary/aromatic N) is 3. The van der Waals surface area contributed by atoms with Crippen molar-refractivity contribution in [2.75, 3.05) is 5.73 Å². The van der Waals surface area contributed by atoms with Gasteiger partial charge in [-0.05, 0) is 44.0 Å². The number of aromatic nitrogens is 3. The lowest BCUT2D eigenvalue weighted by Gasteiger charge is -2.08. The summed E-state index contributed by atoms with van der Waals surface area (Å²) in [7, 11) is 0. The molecule has 0 spiro atoms. The maximum Gasteiger partial charge on any atom is 0.154 e. The van der Waals surface area contributed by atoms with E-state index >= 15 is 0 Å². The molecule has 0 aliphatic carbocycles. The van der Waals surface area contributed by atoms with E-state index in [4.69, 9.17) is 5.73 Å². The van der Waals surface area contributed by atoms with Gasteiger partial charge >= 0.3 is 0 Å². The summed E-state index contributed by atoms with van der Waals surface area (Å²) in [6, 6.07) is 10.1. The number of nitrogen functional groups attached to an aromatic ring is 1. The van der Waals surface area contributed by atoms with Crippen LogP contribution in [0.25, 0.3) is 5.65 Å². The van der Waals surface area contributed by atoms with Gasteiger partial charge in [0.25, 0.3) is 0 Å². The Labute approximate surface area is 118 Å². The molecule has 2 N–H and O–H groups in total. The van der Waals surface area contributed by atoms with Crippen LogP contribution in [0.3, 0.4) is 0 Å². The minimum atomic E-state index is 0.747. The van der Waals surface area contributed by atoms with Gasteiger partial charge in [0.1, 0.15) is 0 Å². The number of para-hydroxylation sites is 1. The highest BCUT2D eigenvalue weighted by Gasteiger charge is 2.12. The second-order valence-corrected chi connectivity index (χ2v) is 5.21. The van der Waals surface area contributed by atoms with Crippen molar-refractivity contribution in [3.63, 3.8) is 0 Å². The van der Waals surface area contributed by atoms with E-state index < -0.39 is 0 Å². The third kappa shape index (κ3) is 2.03. The van der Waals surface area contributed by atoms with E-state index in [2.05, 4.69) is 16.1 Å². The van der Waals surface area contributed by atoms with Crippen LogP contribution in [-0.4, -0.2) is 14.6 Å². The van der Waals surface area contributed by atoms with E-state index in [9.17, 15) is 0 Å². The molecule has 102 valence electrons. The molecule has 1 aromatic carbocycles. The zero-order valence-corrected chi connectivity index (χ0v) is 12.0. The average Bonchev–Trinajstić information content (AvgIpc) is 2.71. The van der Waals surface area contributed by atoms with E-state index in [1.165, 1.54) is 0 Å². The van der Waals surface area contributed by atoms with Crippen molar-refractivity contribution in [1.29, 1.82) is 0 Å². The SMILES string of the molecule is Cc1ccc2nc(C)c(Cc3cccc(C)c3N)n2n1. The molecule has 20 heavy (non-hydrogen) atoms. The number of nitrogens with two attached hydrogens (primary N) is 1. The Balaban J connectivity index is 2.13. The fourth-order valence-electron chi connectivity index (χ4n) is 2.46. The predicted molar refractivity (Wildman–Crippen MR) is 80.9 cm³/mol. The van der Waals surface area contributed by atoms with Crippen LogP contribution < -0.4 is 5.73 Å². The average molecular weight is 266 g/mol. The van der Waals surface area contributed by atoms with Gasteiger partial charge in [0, 0.05) is 12.1 Å². The maximum absolute atomic E-state index is 6.17. The second kappa shape index (κ2) is 4.63. The zero-order chi connectivity index (χ0) is 14.3. The van der Waals surface area contributed by atoms with Gasteiger partial charge in [-0.1, -0.05) is 18.2 Å². The lowest BCUT2D eigenvalue weighted by atomic mass is 10.0. The monoisotopic (exact) mass is 266 g/mol. The highest BCUT2D eigenvalue weighted by Crippen LogP contribution is 2.22. The van der Waals surface area contributed by atoms with Gasteiger partial charge < -0.3 is 5.73 Å². The van der Waals surface area contributed by atoms with Gasteiger partial charge in [-0.15, -0.1) is 0 Å². The van der Waals surface area contributed by atoms with Crippen molar-refractivity contribution >= 4 is 11.3 Å². The Kier molecular flexibility index (Phi) is 2.93. The number of fused-ring (bicyclic) bond motifs is 1. The van der Waals surface area contributed by atoms with Crippen LogP contribution in [0.5, 0.6) is 0 Å². The van der Waals surface area contributed by atoms with Crippen LogP contribution in [0.15, 0.2) is 30.3 Å². The normalized spacial score (nSPS) is 11.2. The Morgan fingerprint density at radius 2 is 1.90 bits per heavy atom. The standard InChI is InChI=1S/C16H18N4/c1-10-5-4-6-13(16(10)17)9-14-12(3)18-15-8-7-11(2)19-20(14)15/h4-8H,9,17H2,1-3H3. The predicted octanol–water partition coefficient (Wildman–Crippen LogP) is 2.83. The van der Waals surface area contributed by atoms with Crippen LogP contribution in [0, 0.1) is 20.8 Å². The molecule has 3 rings (SSSR count). The van der Waals surface area contributed by atoms with Crippen LogP contribution in [0.4, 0.5) is 5.69 Å². The Morgan fingerprint density at radius 1 is 1.10 bits per heavy atom. The number of aryl methyl sites for hydroxylation is 3. The molecule has 3 aromatic rings. The largest absolute Gasteiger partial charge is 0.398 e. The first-order valence-corrected chi connectivity index (χ1v) is 6.72. The van der Waals surface area contributed by atoms with Crippen LogP contribution in [0.2, 0.25) is 0 Å². The minimum absolute atomic E-state index is 0.747. The molecule has 0 saturated carbocycles. The van der Waals surface area contributed by atoms with Gasteiger partial charge in [0.15, 0.2) is 5.65 Å². The van der Waals surface area contributed by atoms with E-state index in [0.717, 1.165) is 46.0 Å². The summed E-state index contributed by atoms with van der Waals surface area (Å²) in [5.74, 6) is 0. The van der Waals surface area contributed by atoms with Crippen LogP contribution in [-0.2, 0) is 6.42 Å². The molecule has 0 radical (unpaired) electrons. The molecule has 2 heterocycles. The number of anilines is 1. The fraction of sp³-hybridized carbons (Fsp3) is 0.250. The molecule has 0 aliphatic heterocycles. The molecule has 0 bridgehead atoms. The van der Waals surface area contributed by atoms with Crippen molar-refractivity contribution in [1.82, 2.24) is 14.6 Å². The van der Waals surface area contributed by atoms with E-state index in [1.807, 2.05) is 49.6 Å². The van der Waals surface area contributed by atoms with Crippen LogP contribution in [0.1, 0.15) is 28.2 Å². The quantitative estimate of drug-likeness (QED) is 0.726. The number of hydrogen-bond donors (Lipinski definition) is 1. The summed E-state index contributed by atoms with van der Waals surface area (Å²) >= 11 is 0. The summed E-state index contributed by atoms with van der Waals surface area (Å²) in [6.07, 6.45) is 0.747. The number of rotatable bonds is 2. The molecule has 0 fully saturated rings. The van der Waals surface area contributed by atoms with Crippen molar-refractivity contribution in [3.05, 3.63) is 58.5 Å². The van der Waals surface area contributed by atoms with Gasteiger partial charge in [-0.2, -0.15) is 5.10 Å². The highest BCUT2D eigenvalue weighted by atomic mass is 15.3. The molecular weight excluding hydrogens is 248 g/mol. The molecule has 4 nitrogen and oxygen atoms in total.